The summed E-state index contributed by atoms with van der Waals surface area (Å²) >= 11 is 9.91. The summed E-state index contributed by atoms with van der Waals surface area (Å²) in [7, 11) is 0. The first kappa shape index (κ1) is 11.9. The van der Waals surface area contributed by atoms with E-state index in [1.165, 1.54) is 0 Å². The van der Waals surface area contributed by atoms with Crippen LogP contribution in [0.5, 0.6) is 0 Å². The van der Waals surface area contributed by atoms with Crippen molar-refractivity contribution in [1.29, 1.82) is 0 Å². The summed E-state index contributed by atoms with van der Waals surface area (Å²) in [6.07, 6.45) is 1.87. The third-order valence-electron chi connectivity index (χ3n) is 0.907. The van der Waals surface area contributed by atoms with Crippen molar-refractivity contribution in [1.82, 2.24) is 0 Å². The number of hydrogen-bond acceptors (Lipinski definition) is 3. The second-order valence-electron chi connectivity index (χ2n) is 2.11. The minimum Gasteiger partial charge on any atom is -0.321 e. The van der Waals surface area contributed by atoms with Gasteiger partial charge in [-0.2, -0.15) is 0 Å². The normalized spacial score (nSPS) is 11.9. The Bertz CT molecular complexity index is 129. The van der Waals surface area contributed by atoms with E-state index in [4.69, 9.17) is 33.1 Å². The molecule has 0 fully saturated rings. The molecule has 0 atom stereocenters. The highest BCUT2D eigenvalue weighted by molar-refractivity contribution is 8.60. The first-order valence-corrected chi connectivity index (χ1v) is 7.37. The zero-order valence-corrected chi connectivity index (χ0v) is 9.44. The average Bonchev–Trinajstić information content (AvgIpc) is 1.97. The van der Waals surface area contributed by atoms with E-state index < -0.39 is 5.69 Å². The molecule has 0 unspecified atom stereocenters. The van der Waals surface area contributed by atoms with Crippen molar-refractivity contribution in [3.63, 3.8) is 0 Å². The second-order valence-corrected chi connectivity index (χ2v) is 7.10. The Morgan fingerprint density at radius 1 is 1.09 bits per heavy atom. The molecule has 0 bridgehead atoms. The Hall–Kier alpha value is 0.920. The van der Waals surface area contributed by atoms with Crippen LogP contribution in [0.15, 0.2) is 0 Å². The van der Waals surface area contributed by atoms with Gasteiger partial charge in [-0.1, -0.05) is 13.8 Å². The van der Waals surface area contributed by atoms with Gasteiger partial charge < -0.3 is 9.05 Å². The fraction of sp³-hybridized carbons (Fsp3) is 1.00. The quantitative estimate of drug-likeness (QED) is 0.631. The molecule has 0 rings (SSSR count). The highest BCUT2D eigenvalue weighted by Crippen LogP contribution is 2.53. The molecule has 1 radical (unpaired) electrons. The molecule has 11 heavy (non-hydrogen) atoms. The summed E-state index contributed by atoms with van der Waals surface area (Å²) in [4.78, 5) is 0. The Kier molecular flexibility index (Phi) is 6.98. The lowest BCUT2D eigenvalue weighted by molar-refractivity contribution is 0.260. The van der Waals surface area contributed by atoms with Crippen LogP contribution in [0.3, 0.4) is 0 Å². The first-order chi connectivity index (χ1) is 5.12. The Morgan fingerprint density at radius 2 is 1.45 bits per heavy atom. The van der Waals surface area contributed by atoms with Crippen LogP contribution in [0.4, 0.5) is 0 Å². The van der Waals surface area contributed by atoms with Crippen molar-refractivity contribution >= 4 is 29.7 Å². The van der Waals surface area contributed by atoms with Crippen LogP contribution in [0, 0.1) is 0 Å². The lowest BCUT2D eigenvalue weighted by Gasteiger charge is -2.14. The van der Waals surface area contributed by atoms with Crippen molar-refractivity contribution in [3.8, 4) is 0 Å². The van der Waals surface area contributed by atoms with Gasteiger partial charge in [-0.15, -0.1) is 0 Å². The van der Waals surface area contributed by atoms with Gasteiger partial charge in [0.25, 0.3) is 5.69 Å². The van der Waals surface area contributed by atoms with Gasteiger partial charge >= 0.3 is 0 Å². The molecule has 5 heteroatoms. The maximum atomic E-state index is 5.20. The number of hydrogen-bond donors (Lipinski definition) is 0. The number of rotatable bonds is 6. The Balaban J connectivity index is 3.53. The lowest BCUT2D eigenvalue weighted by atomic mass is 10.5. The summed E-state index contributed by atoms with van der Waals surface area (Å²) in [6, 6.07) is 0. The molecule has 0 spiro atoms. The van der Waals surface area contributed by atoms with Gasteiger partial charge in [0.1, 0.15) is 0 Å². The molecule has 0 saturated heterocycles. The summed E-state index contributed by atoms with van der Waals surface area (Å²) in [6.45, 7) is 5.27. The van der Waals surface area contributed by atoms with E-state index in [0.717, 1.165) is 12.8 Å². The van der Waals surface area contributed by atoms with Crippen molar-refractivity contribution in [2.24, 2.45) is 0 Å². The van der Waals surface area contributed by atoms with Gasteiger partial charge in [0, 0.05) is 12.2 Å². The molecule has 0 heterocycles. The van der Waals surface area contributed by atoms with Gasteiger partial charge in [0.05, 0.1) is 13.2 Å². The fourth-order valence-electron chi connectivity index (χ4n) is 0.443. The van der Waals surface area contributed by atoms with E-state index in [-0.39, 0.29) is 0 Å². The van der Waals surface area contributed by atoms with Crippen LogP contribution in [0.1, 0.15) is 26.7 Å². The van der Waals surface area contributed by atoms with Gasteiger partial charge in [0.2, 0.25) is 0 Å². The van der Waals surface area contributed by atoms with Crippen LogP contribution in [0.2, 0.25) is 0 Å². The van der Waals surface area contributed by atoms with E-state index in [0.29, 0.717) is 13.2 Å². The maximum Gasteiger partial charge on any atom is 0.258 e. The second kappa shape index (κ2) is 6.44. The molecule has 0 aromatic heterocycles. The molecule has 2 nitrogen and oxygen atoms in total. The largest absolute Gasteiger partial charge is 0.321 e. The minimum absolute atomic E-state index is 0.616. The van der Waals surface area contributed by atoms with Gasteiger partial charge in [-0.25, -0.2) is 0 Å². The molecular formula is C6H14O2PS2. The van der Waals surface area contributed by atoms with Crippen molar-refractivity contribution < 1.29 is 9.05 Å². The highest BCUT2D eigenvalue weighted by Gasteiger charge is 2.12. The molecule has 0 aromatic rings. The molecule has 0 aliphatic rings. The maximum absolute atomic E-state index is 5.20. The van der Waals surface area contributed by atoms with E-state index in [9.17, 15) is 0 Å². The van der Waals surface area contributed by atoms with Gasteiger partial charge in [0.15, 0.2) is 0 Å². The molecule has 0 N–H and O–H groups in total. The summed E-state index contributed by atoms with van der Waals surface area (Å²) in [5.74, 6) is 0. The third-order valence-corrected chi connectivity index (χ3v) is 3.17. The average molecular weight is 213 g/mol. The fourth-order valence-corrected chi connectivity index (χ4v) is 2.22. The van der Waals surface area contributed by atoms with Crippen molar-refractivity contribution in [3.05, 3.63) is 0 Å². The van der Waals surface area contributed by atoms with Crippen LogP contribution in [0.25, 0.3) is 0 Å². The molecular weight excluding hydrogens is 199 g/mol. The molecule has 0 amide bonds. The summed E-state index contributed by atoms with van der Waals surface area (Å²) < 4.78 is 10.4. The zero-order valence-electron chi connectivity index (χ0n) is 6.91. The van der Waals surface area contributed by atoms with Crippen LogP contribution in [-0.2, 0) is 20.9 Å². The molecule has 0 aromatic carbocycles. The van der Waals surface area contributed by atoms with E-state index in [1.807, 2.05) is 13.8 Å². The molecule has 0 saturated carbocycles. The molecule has 67 valence electrons. The molecule has 0 aliphatic heterocycles. The van der Waals surface area contributed by atoms with E-state index >= 15 is 0 Å². The van der Waals surface area contributed by atoms with Crippen LogP contribution < -0.4 is 0 Å². The smallest absolute Gasteiger partial charge is 0.258 e. The third kappa shape index (κ3) is 7.29. The Labute approximate surface area is 79.0 Å². The summed E-state index contributed by atoms with van der Waals surface area (Å²) in [5.41, 5.74) is -2.31. The Morgan fingerprint density at radius 3 is 1.73 bits per heavy atom. The van der Waals surface area contributed by atoms with Gasteiger partial charge in [-0.3, -0.25) is 0 Å². The monoisotopic (exact) mass is 213 g/mol. The topological polar surface area (TPSA) is 18.5 Å². The van der Waals surface area contributed by atoms with Crippen molar-refractivity contribution in [2.45, 2.75) is 26.7 Å². The molecule has 0 aliphatic carbocycles. The van der Waals surface area contributed by atoms with Crippen LogP contribution in [-0.4, -0.2) is 13.2 Å². The lowest BCUT2D eigenvalue weighted by Crippen LogP contribution is -1.92. The predicted octanol–water partition coefficient (Wildman–Crippen LogP) is 3.26. The van der Waals surface area contributed by atoms with Crippen LogP contribution >= 0.6 is 17.9 Å². The zero-order chi connectivity index (χ0) is 8.74. The minimum atomic E-state index is -2.31. The highest BCUT2D eigenvalue weighted by atomic mass is 32.9. The predicted molar refractivity (Wildman–Crippen MR) is 54.4 cm³/mol. The first-order valence-electron chi connectivity index (χ1n) is 3.72. The van der Waals surface area contributed by atoms with Crippen molar-refractivity contribution in [2.75, 3.05) is 13.2 Å². The van der Waals surface area contributed by atoms with E-state index in [1.54, 1.807) is 0 Å². The SMILES string of the molecule is CCCOP([S])(=S)OCCC. The van der Waals surface area contributed by atoms with E-state index in [2.05, 4.69) is 0 Å². The van der Waals surface area contributed by atoms with Gasteiger partial charge in [-0.05, 0) is 24.6 Å². The summed E-state index contributed by atoms with van der Waals surface area (Å²) in [5, 5.41) is 0. The standard InChI is InChI=1S/C6H14O2PS2/c1-3-5-7-9(10,11)8-6-4-2/h3-6H2,1-2H3.